The summed E-state index contributed by atoms with van der Waals surface area (Å²) in [5.41, 5.74) is 0.893. The number of benzene rings is 1. The van der Waals surface area contributed by atoms with Gasteiger partial charge in [0.05, 0.1) is 5.25 Å². The van der Waals surface area contributed by atoms with Crippen molar-refractivity contribution in [3.8, 4) is 11.5 Å². The molecule has 4 nitrogen and oxygen atoms in total. The second-order valence-electron chi connectivity index (χ2n) is 4.32. The van der Waals surface area contributed by atoms with Crippen LogP contribution in [0.1, 0.15) is 18.9 Å². The number of phenolic OH excluding ortho intramolecular Hbond substituents is 2. The lowest BCUT2D eigenvalue weighted by atomic mass is 10.1. The summed E-state index contributed by atoms with van der Waals surface area (Å²) in [7, 11) is 0. The first-order valence-corrected chi connectivity index (χ1v) is 7.34. The molecule has 2 N–H and O–H groups in total. The molecule has 19 heavy (non-hydrogen) atoms. The minimum atomic E-state index is -0.136. The van der Waals surface area contributed by atoms with Gasteiger partial charge in [0.25, 0.3) is 0 Å². The minimum Gasteiger partial charge on any atom is -0.504 e. The first-order chi connectivity index (χ1) is 9.02. The Balaban J connectivity index is 1.98. The average molecular weight is 297 g/mol. The zero-order valence-electron chi connectivity index (χ0n) is 10.5. The largest absolute Gasteiger partial charge is 0.504 e. The van der Waals surface area contributed by atoms with Crippen LogP contribution in [0.3, 0.4) is 0 Å². The smallest absolute Gasteiger partial charge is 0.241 e. The number of rotatable bonds is 4. The highest BCUT2D eigenvalue weighted by Crippen LogP contribution is 2.31. The van der Waals surface area contributed by atoms with Crippen molar-refractivity contribution >= 4 is 34.2 Å². The third-order valence-corrected chi connectivity index (χ3v) is 4.71. The summed E-state index contributed by atoms with van der Waals surface area (Å²) < 4.78 is 0.644. The van der Waals surface area contributed by atoms with E-state index >= 15 is 0 Å². The van der Waals surface area contributed by atoms with Gasteiger partial charge in [0.2, 0.25) is 5.91 Å². The highest BCUT2D eigenvalue weighted by molar-refractivity contribution is 8.24. The SMILES string of the molecule is CCN1C(=O)C(CCc2ccc(O)c(O)c2)SC1=S. The summed E-state index contributed by atoms with van der Waals surface area (Å²) in [5.74, 6) is -0.192. The van der Waals surface area contributed by atoms with Crippen LogP contribution in [0.4, 0.5) is 0 Å². The molecule has 1 aromatic rings. The lowest BCUT2D eigenvalue weighted by molar-refractivity contribution is -0.126. The Morgan fingerprint density at radius 2 is 2.11 bits per heavy atom. The topological polar surface area (TPSA) is 60.8 Å². The van der Waals surface area contributed by atoms with Gasteiger partial charge >= 0.3 is 0 Å². The molecule has 0 aromatic heterocycles. The van der Waals surface area contributed by atoms with Crippen LogP contribution in [-0.4, -0.2) is 37.1 Å². The maximum absolute atomic E-state index is 12.0. The summed E-state index contributed by atoms with van der Waals surface area (Å²) in [4.78, 5) is 13.6. The number of nitrogens with zero attached hydrogens (tertiary/aromatic N) is 1. The van der Waals surface area contributed by atoms with E-state index in [4.69, 9.17) is 12.2 Å². The van der Waals surface area contributed by atoms with Crippen LogP contribution in [-0.2, 0) is 11.2 Å². The third-order valence-electron chi connectivity index (χ3n) is 3.06. The molecule has 1 heterocycles. The summed E-state index contributed by atoms with van der Waals surface area (Å²) in [5, 5.41) is 18.5. The lowest BCUT2D eigenvalue weighted by Crippen LogP contribution is -2.31. The van der Waals surface area contributed by atoms with Crippen molar-refractivity contribution in [3.05, 3.63) is 23.8 Å². The molecule has 1 atom stereocenters. The van der Waals surface area contributed by atoms with Crippen molar-refractivity contribution in [1.82, 2.24) is 4.90 Å². The van der Waals surface area contributed by atoms with E-state index in [2.05, 4.69) is 0 Å². The second kappa shape index (κ2) is 5.79. The minimum absolute atomic E-state index is 0.0699. The van der Waals surface area contributed by atoms with Gasteiger partial charge in [-0.15, -0.1) is 0 Å². The molecular weight excluding hydrogens is 282 g/mol. The maximum atomic E-state index is 12.0. The molecule has 1 aliphatic heterocycles. The molecule has 2 rings (SSSR count). The highest BCUT2D eigenvalue weighted by atomic mass is 32.2. The third kappa shape index (κ3) is 3.01. The number of hydrogen-bond acceptors (Lipinski definition) is 5. The van der Waals surface area contributed by atoms with Gasteiger partial charge in [-0.3, -0.25) is 9.69 Å². The number of thiocarbonyl (C=S) groups is 1. The number of aromatic hydroxyl groups is 2. The summed E-state index contributed by atoms with van der Waals surface area (Å²) in [6, 6.07) is 4.72. The first-order valence-electron chi connectivity index (χ1n) is 6.05. The Morgan fingerprint density at radius 3 is 2.68 bits per heavy atom. The van der Waals surface area contributed by atoms with Crippen LogP contribution in [0.15, 0.2) is 18.2 Å². The molecule has 1 amide bonds. The number of hydrogen-bond donors (Lipinski definition) is 2. The normalized spacial score (nSPS) is 19.2. The monoisotopic (exact) mass is 297 g/mol. The van der Waals surface area contributed by atoms with Gasteiger partial charge in [-0.1, -0.05) is 30.0 Å². The second-order valence-corrected chi connectivity index (χ2v) is 6.15. The van der Waals surface area contributed by atoms with Gasteiger partial charge in [0.1, 0.15) is 4.32 Å². The fraction of sp³-hybridized carbons (Fsp3) is 0.385. The molecule has 102 valence electrons. The molecule has 6 heteroatoms. The van der Waals surface area contributed by atoms with Crippen molar-refractivity contribution in [2.75, 3.05) is 6.54 Å². The van der Waals surface area contributed by atoms with Crippen molar-refractivity contribution in [2.24, 2.45) is 0 Å². The van der Waals surface area contributed by atoms with E-state index in [1.54, 1.807) is 11.0 Å². The predicted molar refractivity (Wildman–Crippen MR) is 79.5 cm³/mol. The van der Waals surface area contributed by atoms with Crippen LogP contribution in [0.5, 0.6) is 11.5 Å². The number of amides is 1. The molecule has 0 radical (unpaired) electrons. The molecule has 1 fully saturated rings. The van der Waals surface area contributed by atoms with Gasteiger partial charge in [0.15, 0.2) is 11.5 Å². The average Bonchev–Trinajstić information content (AvgIpc) is 2.65. The van der Waals surface area contributed by atoms with E-state index in [-0.39, 0.29) is 22.7 Å². The van der Waals surface area contributed by atoms with E-state index in [0.717, 1.165) is 5.56 Å². The molecule has 0 bridgehead atoms. The number of aryl methyl sites for hydroxylation is 1. The zero-order chi connectivity index (χ0) is 14.0. The predicted octanol–water partition coefficient (Wildman–Crippen LogP) is 2.28. The first kappa shape index (κ1) is 14.1. The van der Waals surface area contributed by atoms with Gasteiger partial charge < -0.3 is 10.2 Å². The zero-order valence-corrected chi connectivity index (χ0v) is 12.1. The maximum Gasteiger partial charge on any atom is 0.241 e. The summed E-state index contributed by atoms with van der Waals surface area (Å²) in [6.45, 7) is 2.52. The van der Waals surface area contributed by atoms with Crippen LogP contribution in [0.2, 0.25) is 0 Å². The molecule has 1 aromatic carbocycles. The summed E-state index contributed by atoms with van der Waals surface area (Å²) in [6.07, 6.45) is 1.34. The van der Waals surface area contributed by atoms with E-state index in [0.29, 0.717) is 23.7 Å². The highest BCUT2D eigenvalue weighted by Gasteiger charge is 2.35. The Morgan fingerprint density at radius 1 is 1.37 bits per heavy atom. The molecule has 0 saturated carbocycles. The molecule has 0 aliphatic carbocycles. The van der Waals surface area contributed by atoms with Gasteiger partial charge in [0, 0.05) is 6.54 Å². The number of carbonyl (C=O) groups excluding carboxylic acids is 1. The van der Waals surface area contributed by atoms with Crippen molar-refractivity contribution < 1.29 is 15.0 Å². The molecule has 0 spiro atoms. The van der Waals surface area contributed by atoms with Crippen LogP contribution < -0.4 is 0 Å². The quantitative estimate of drug-likeness (QED) is 0.659. The molecular formula is C13H15NO3S2. The van der Waals surface area contributed by atoms with E-state index in [1.165, 1.54) is 23.9 Å². The van der Waals surface area contributed by atoms with E-state index < -0.39 is 0 Å². The van der Waals surface area contributed by atoms with Crippen LogP contribution >= 0.6 is 24.0 Å². The number of phenols is 2. The standard InChI is InChI=1S/C13H15NO3S2/c1-2-14-12(17)11(19-13(14)18)6-4-8-3-5-9(15)10(16)7-8/h3,5,7,11,15-16H,2,4,6H2,1H3. The number of thioether (sulfide) groups is 1. The Kier molecular flexibility index (Phi) is 4.31. The van der Waals surface area contributed by atoms with Gasteiger partial charge in [-0.2, -0.15) is 0 Å². The Bertz CT molecular complexity index is 519. The Hall–Kier alpha value is -1.27. The van der Waals surface area contributed by atoms with Crippen molar-refractivity contribution in [3.63, 3.8) is 0 Å². The fourth-order valence-electron chi connectivity index (χ4n) is 1.99. The van der Waals surface area contributed by atoms with Gasteiger partial charge in [-0.25, -0.2) is 0 Å². The van der Waals surface area contributed by atoms with Crippen molar-refractivity contribution in [2.45, 2.75) is 25.0 Å². The number of carbonyl (C=O) groups is 1. The lowest BCUT2D eigenvalue weighted by Gasteiger charge is -2.12. The van der Waals surface area contributed by atoms with Crippen molar-refractivity contribution in [1.29, 1.82) is 0 Å². The van der Waals surface area contributed by atoms with E-state index in [1.807, 2.05) is 6.92 Å². The van der Waals surface area contributed by atoms with Gasteiger partial charge in [-0.05, 0) is 37.5 Å². The Labute approximate surface area is 121 Å². The van der Waals surface area contributed by atoms with Crippen LogP contribution in [0.25, 0.3) is 0 Å². The molecule has 1 saturated heterocycles. The molecule has 1 unspecified atom stereocenters. The summed E-state index contributed by atoms with van der Waals surface area (Å²) >= 11 is 6.59. The fourth-order valence-corrected chi connectivity index (χ4v) is 3.61. The van der Waals surface area contributed by atoms with E-state index in [9.17, 15) is 15.0 Å². The molecule has 1 aliphatic rings. The van der Waals surface area contributed by atoms with Crippen LogP contribution in [0, 0.1) is 0 Å².